The van der Waals surface area contributed by atoms with Crippen LogP contribution in [0.15, 0.2) is 43.1 Å². The molecular weight excluding hydrogens is 231 g/mol. The molecule has 0 amide bonds. The fourth-order valence-corrected chi connectivity index (χ4v) is 1.47. The Morgan fingerprint density at radius 3 is 2.67 bits per heavy atom. The van der Waals surface area contributed by atoms with Gasteiger partial charge in [-0.15, -0.1) is 6.58 Å². The van der Waals surface area contributed by atoms with Crippen molar-refractivity contribution in [1.29, 1.82) is 0 Å². The number of aromatic nitrogens is 2. The van der Waals surface area contributed by atoms with Crippen LogP contribution in [0.2, 0.25) is 0 Å². The zero-order chi connectivity index (χ0) is 12.3. The van der Waals surface area contributed by atoms with Gasteiger partial charge in [0.25, 0.3) is 0 Å². The normalized spacial score (nSPS) is 9.61. The molecular formula is C14H15FN2O. The second kappa shape index (κ2) is 5.91. The molecule has 1 aromatic carbocycles. The van der Waals surface area contributed by atoms with Crippen molar-refractivity contribution >= 4 is 0 Å². The van der Waals surface area contributed by atoms with E-state index in [9.17, 15) is 9.50 Å². The molecule has 1 aromatic heterocycles. The zero-order valence-electron chi connectivity index (χ0n) is 9.10. The molecule has 0 saturated heterocycles. The van der Waals surface area contributed by atoms with E-state index in [0.29, 0.717) is 17.5 Å². The quantitative estimate of drug-likeness (QED) is 0.667. The highest BCUT2D eigenvalue weighted by molar-refractivity contribution is 5.63. The highest BCUT2D eigenvalue weighted by Gasteiger charge is 2.10. The second-order valence-electron chi connectivity index (χ2n) is 3.52. The summed E-state index contributed by atoms with van der Waals surface area (Å²) in [4.78, 5) is 7.77. The molecule has 18 heavy (non-hydrogen) atoms. The molecule has 0 bridgehead atoms. The number of phenolic OH excluding ortho intramolecular Hbond substituents is 1. The minimum atomic E-state index is -0.585. The molecule has 1 heterocycles. The van der Waals surface area contributed by atoms with E-state index in [1.54, 1.807) is 24.3 Å². The molecule has 1 N–H and O–H groups in total. The van der Waals surface area contributed by atoms with Crippen LogP contribution < -0.4 is 0 Å². The van der Waals surface area contributed by atoms with Crippen molar-refractivity contribution in [3.05, 3.63) is 54.6 Å². The highest BCUT2D eigenvalue weighted by Crippen LogP contribution is 2.25. The monoisotopic (exact) mass is 246 g/mol. The smallest absolute Gasteiger partial charge is 0.219 e. The van der Waals surface area contributed by atoms with Gasteiger partial charge in [-0.3, -0.25) is 0 Å². The highest BCUT2D eigenvalue weighted by atomic mass is 19.1. The van der Waals surface area contributed by atoms with Crippen molar-refractivity contribution in [2.45, 2.75) is 13.8 Å². The van der Waals surface area contributed by atoms with E-state index in [1.165, 1.54) is 12.3 Å². The van der Waals surface area contributed by atoms with Crippen LogP contribution in [-0.4, -0.2) is 15.1 Å². The van der Waals surface area contributed by atoms with Crippen molar-refractivity contribution in [3.8, 4) is 17.1 Å². The van der Waals surface area contributed by atoms with Crippen molar-refractivity contribution in [2.24, 2.45) is 0 Å². The third-order valence-corrected chi connectivity index (χ3v) is 2.32. The van der Waals surface area contributed by atoms with E-state index < -0.39 is 5.95 Å². The molecule has 3 nitrogen and oxygen atoms in total. The Hall–Kier alpha value is -2.23. The summed E-state index contributed by atoms with van der Waals surface area (Å²) in [5, 5.41) is 9.61. The summed E-state index contributed by atoms with van der Waals surface area (Å²) < 4.78 is 13.6. The van der Waals surface area contributed by atoms with E-state index in [4.69, 9.17) is 0 Å². The fraction of sp³-hybridized carbons (Fsp3) is 0.143. The molecule has 0 radical (unpaired) electrons. The van der Waals surface area contributed by atoms with Gasteiger partial charge in [0.05, 0.1) is 5.56 Å². The Balaban J connectivity index is 0.00000162. The van der Waals surface area contributed by atoms with Crippen LogP contribution >= 0.6 is 0 Å². The second-order valence-corrected chi connectivity index (χ2v) is 3.52. The lowest BCUT2D eigenvalue weighted by atomic mass is 10.2. The summed E-state index contributed by atoms with van der Waals surface area (Å²) in [6.07, 6.45) is 3.38. The van der Waals surface area contributed by atoms with Gasteiger partial charge in [-0.25, -0.2) is 4.98 Å². The molecule has 2 rings (SSSR count). The topological polar surface area (TPSA) is 46.0 Å². The summed E-state index contributed by atoms with van der Waals surface area (Å²) in [5.41, 5.74) is 0.802. The summed E-state index contributed by atoms with van der Waals surface area (Å²) in [7, 11) is 0. The Morgan fingerprint density at radius 2 is 2.06 bits per heavy atom. The number of para-hydroxylation sites is 1. The first kappa shape index (κ1) is 13.8. The number of benzene rings is 1. The third kappa shape index (κ3) is 2.71. The molecule has 0 unspecified atom stereocenters. The van der Waals surface area contributed by atoms with E-state index in [1.807, 2.05) is 0 Å². The lowest BCUT2D eigenvalue weighted by Gasteiger charge is -2.04. The first-order valence-corrected chi connectivity index (χ1v) is 5.13. The fourth-order valence-electron chi connectivity index (χ4n) is 1.47. The summed E-state index contributed by atoms with van der Waals surface area (Å²) in [5.74, 6) is -0.380. The van der Waals surface area contributed by atoms with Gasteiger partial charge in [0, 0.05) is 11.8 Å². The minimum Gasteiger partial charge on any atom is -0.507 e. The van der Waals surface area contributed by atoms with Gasteiger partial charge in [0.15, 0.2) is 5.82 Å². The van der Waals surface area contributed by atoms with Gasteiger partial charge >= 0.3 is 0 Å². The van der Waals surface area contributed by atoms with Crippen LogP contribution in [0, 0.1) is 5.95 Å². The lowest BCUT2D eigenvalue weighted by molar-refractivity contribution is 0.476. The van der Waals surface area contributed by atoms with E-state index >= 15 is 0 Å². The molecule has 0 aliphatic rings. The first-order valence-electron chi connectivity index (χ1n) is 5.13. The molecule has 0 atom stereocenters. The van der Waals surface area contributed by atoms with Crippen LogP contribution in [0.4, 0.5) is 4.39 Å². The standard InChI is InChI=1S/C13H11FN2O.CH4/c1-2-5-9-8-15-13(16-12(9)14)10-6-3-4-7-11(10)17;/h2-4,6-8,17H,1,5H2;1H4. The van der Waals surface area contributed by atoms with Gasteiger partial charge in [-0.1, -0.05) is 25.6 Å². The first-order chi connectivity index (χ1) is 8.22. The van der Waals surface area contributed by atoms with Gasteiger partial charge < -0.3 is 5.11 Å². The van der Waals surface area contributed by atoms with Crippen molar-refractivity contribution in [3.63, 3.8) is 0 Å². The number of rotatable bonds is 3. The number of halogens is 1. The van der Waals surface area contributed by atoms with E-state index in [0.717, 1.165) is 0 Å². The molecule has 0 aliphatic heterocycles. The summed E-state index contributed by atoms with van der Waals surface area (Å²) in [6.45, 7) is 3.53. The van der Waals surface area contributed by atoms with E-state index in [-0.39, 0.29) is 19.0 Å². The average molecular weight is 246 g/mol. The van der Waals surface area contributed by atoms with Crippen LogP contribution in [0.1, 0.15) is 13.0 Å². The molecule has 4 heteroatoms. The maximum atomic E-state index is 13.6. The molecule has 94 valence electrons. The van der Waals surface area contributed by atoms with Crippen molar-refractivity contribution < 1.29 is 9.50 Å². The molecule has 0 spiro atoms. The lowest BCUT2D eigenvalue weighted by Crippen LogP contribution is -1.98. The van der Waals surface area contributed by atoms with Crippen LogP contribution in [0.25, 0.3) is 11.4 Å². The van der Waals surface area contributed by atoms with Gasteiger partial charge in [0.1, 0.15) is 5.75 Å². The molecule has 0 saturated carbocycles. The zero-order valence-corrected chi connectivity index (χ0v) is 9.10. The summed E-state index contributed by atoms with van der Waals surface area (Å²) in [6, 6.07) is 6.56. The molecule has 2 aromatic rings. The number of aromatic hydroxyl groups is 1. The minimum absolute atomic E-state index is 0. The van der Waals surface area contributed by atoms with Gasteiger partial charge in [0.2, 0.25) is 5.95 Å². The number of allylic oxidation sites excluding steroid dienone is 1. The van der Waals surface area contributed by atoms with Crippen LogP contribution in [-0.2, 0) is 6.42 Å². The van der Waals surface area contributed by atoms with Crippen molar-refractivity contribution in [2.75, 3.05) is 0 Å². The van der Waals surface area contributed by atoms with Crippen LogP contribution in [0.5, 0.6) is 5.75 Å². The van der Waals surface area contributed by atoms with Crippen LogP contribution in [0.3, 0.4) is 0 Å². The predicted molar refractivity (Wildman–Crippen MR) is 69.7 cm³/mol. The average Bonchev–Trinajstić information content (AvgIpc) is 2.33. The Bertz CT molecular complexity index is 555. The maximum absolute atomic E-state index is 13.6. The maximum Gasteiger partial charge on any atom is 0.219 e. The number of nitrogens with zero attached hydrogens (tertiary/aromatic N) is 2. The van der Waals surface area contributed by atoms with E-state index in [2.05, 4.69) is 16.5 Å². The Labute approximate surface area is 106 Å². The van der Waals surface area contributed by atoms with Crippen molar-refractivity contribution in [1.82, 2.24) is 9.97 Å². The number of hydrogen-bond acceptors (Lipinski definition) is 3. The number of phenols is 1. The largest absolute Gasteiger partial charge is 0.507 e. The van der Waals surface area contributed by atoms with Gasteiger partial charge in [-0.2, -0.15) is 9.37 Å². The predicted octanol–water partition coefficient (Wildman–Crippen LogP) is 3.35. The Morgan fingerprint density at radius 1 is 1.33 bits per heavy atom. The third-order valence-electron chi connectivity index (χ3n) is 2.32. The molecule has 0 fully saturated rings. The molecule has 0 aliphatic carbocycles. The Kier molecular flexibility index (Phi) is 4.54. The number of hydrogen-bond donors (Lipinski definition) is 1. The SMILES string of the molecule is C.C=CCc1cnc(-c2ccccc2O)nc1F. The summed E-state index contributed by atoms with van der Waals surface area (Å²) >= 11 is 0. The van der Waals surface area contributed by atoms with Gasteiger partial charge in [-0.05, 0) is 18.6 Å².